The molecular weight excluding hydrogens is 224 g/mol. The van der Waals surface area contributed by atoms with Crippen molar-refractivity contribution in [3.63, 3.8) is 0 Å². The Kier molecular flexibility index (Phi) is 3.61. The summed E-state index contributed by atoms with van der Waals surface area (Å²) in [5, 5.41) is 3.82. The number of hydrogen-bond donors (Lipinski definition) is 1. The fraction of sp³-hybridized carbons (Fsp3) is 0.636. The molecule has 2 rings (SSSR count). The van der Waals surface area contributed by atoms with E-state index in [1.165, 1.54) is 12.8 Å². The quantitative estimate of drug-likeness (QED) is 0.798. The molecular formula is C11H17ClN4. The van der Waals surface area contributed by atoms with Crippen molar-refractivity contribution in [3.05, 3.63) is 16.9 Å². The molecule has 0 spiro atoms. The van der Waals surface area contributed by atoms with Crippen molar-refractivity contribution in [2.45, 2.75) is 25.8 Å². The maximum atomic E-state index is 5.95. The lowest BCUT2D eigenvalue weighted by molar-refractivity contribution is 0.445. The number of piperidine rings is 1. The number of aryl methyl sites for hydroxylation is 1. The zero-order valence-electron chi connectivity index (χ0n) is 9.70. The monoisotopic (exact) mass is 240 g/mol. The van der Waals surface area contributed by atoms with Gasteiger partial charge >= 0.3 is 0 Å². The lowest BCUT2D eigenvalue weighted by Crippen LogP contribution is -2.45. The molecule has 0 amide bonds. The van der Waals surface area contributed by atoms with Gasteiger partial charge in [-0.15, -0.1) is 0 Å². The van der Waals surface area contributed by atoms with Crippen LogP contribution in [-0.2, 0) is 0 Å². The Hall–Kier alpha value is -0.870. The highest BCUT2D eigenvalue weighted by Crippen LogP contribution is 2.18. The van der Waals surface area contributed by atoms with Crippen LogP contribution in [0.4, 0.5) is 5.95 Å². The van der Waals surface area contributed by atoms with E-state index in [0.29, 0.717) is 11.2 Å². The van der Waals surface area contributed by atoms with Gasteiger partial charge in [-0.05, 0) is 32.9 Å². The molecule has 0 saturated carbocycles. The van der Waals surface area contributed by atoms with Crippen molar-refractivity contribution in [3.8, 4) is 0 Å². The molecule has 0 radical (unpaired) electrons. The van der Waals surface area contributed by atoms with Crippen LogP contribution in [0.15, 0.2) is 6.07 Å². The number of halogens is 1. The van der Waals surface area contributed by atoms with Crippen LogP contribution in [0.2, 0.25) is 5.15 Å². The minimum atomic E-state index is 0.522. The number of aromatic nitrogens is 2. The molecule has 0 aliphatic carbocycles. The van der Waals surface area contributed by atoms with Crippen LogP contribution in [-0.4, -0.2) is 36.1 Å². The van der Waals surface area contributed by atoms with E-state index in [1.807, 2.05) is 14.0 Å². The van der Waals surface area contributed by atoms with Crippen molar-refractivity contribution >= 4 is 17.5 Å². The number of hydrogen-bond acceptors (Lipinski definition) is 4. The van der Waals surface area contributed by atoms with Crippen LogP contribution in [0.25, 0.3) is 0 Å². The standard InChI is InChI=1S/C11H17ClN4/c1-8-6-10(12)15-11(14-8)16-5-3-4-9(7-16)13-2/h6,9,13H,3-5,7H2,1-2H3/t9-/m0/s1. The molecule has 1 aliphatic heterocycles. The molecule has 1 saturated heterocycles. The van der Waals surface area contributed by atoms with Gasteiger partial charge in [0.15, 0.2) is 0 Å². The number of anilines is 1. The van der Waals surface area contributed by atoms with E-state index in [4.69, 9.17) is 11.6 Å². The third-order valence-corrected chi connectivity index (χ3v) is 3.12. The lowest BCUT2D eigenvalue weighted by atomic mass is 10.1. The topological polar surface area (TPSA) is 41.0 Å². The van der Waals surface area contributed by atoms with Crippen molar-refractivity contribution in [1.29, 1.82) is 0 Å². The summed E-state index contributed by atoms with van der Waals surface area (Å²) in [4.78, 5) is 10.9. The Balaban J connectivity index is 2.16. The highest BCUT2D eigenvalue weighted by Gasteiger charge is 2.20. The number of rotatable bonds is 2. The van der Waals surface area contributed by atoms with E-state index < -0.39 is 0 Å². The molecule has 0 aromatic carbocycles. The Morgan fingerprint density at radius 3 is 3.00 bits per heavy atom. The first kappa shape index (κ1) is 11.6. The molecule has 88 valence electrons. The van der Waals surface area contributed by atoms with Gasteiger partial charge in [-0.25, -0.2) is 9.97 Å². The molecule has 1 atom stereocenters. The van der Waals surface area contributed by atoms with Crippen LogP contribution in [0.3, 0.4) is 0 Å². The van der Waals surface area contributed by atoms with Gasteiger partial charge in [0.2, 0.25) is 5.95 Å². The van der Waals surface area contributed by atoms with Crippen LogP contribution in [0, 0.1) is 6.92 Å². The molecule has 5 heteroatoms. The Morgan fingerprint density at radius 1 is 1.50 bits per heavy atom. The number of nitrogens with zero attached hydrogens (tertiary/aromatic N) is 3. The van der Waals surface area contributed by atoms with E-state index in [-0.39, 0.29) is 0 Å². The molecule has 16 heavy (non-hydrogen) atoms. The summed E-state index contributed by atoms with van der Waals surface area (Å²) in [6, 6.07) is 2.31. The Bertz CT molecular complexity index is 349. The summed E-state index contributed by atoms with van der Waals surface area (Å²) < 4.78 is 0. The fourth-order valence-electron chi connectivity index (χ4n) is 2.05. The molecule has 1 aliphatic rings. The van der Waals surface area contributed by atoms with Gasteiger partial charge in [0, 0.05) is 24.8 Å². The van der Waals surface area contributed by atoms with Crippen molar-refractivity contribution < 1.29 is 0 Å². The highest BCUT2D eigenvalue weighted by atomic mass is 35.5. The second kappa shape index (κ2) is 4.97. The molecule has 1 aromatic heterocycles. The molecule has 0 bridgehead atoms. The van der Waals surface area contributed by atoms with Gasteiger partial charge < -0.3 is 10.2 Å². The normalized spacial score (nSPS) is 21.2. The first-order valence-electron chi connectivity index (χ1n) is 5.62. The lowest BCUT2D eigenvalue weighted by Gasteiger charge is -2.32. The van der Waals surface area contributed by atoms with E-state index >= 15 is 0 Å². The molecule has 4 nitrogen and oxygen atoms in total. The SMILES string of the molecule is CN[C@H]1CCCN(c2nc(C)cc(Cl)n2)C1. The summed E-state index contributed by atoms with van der Waals surface area (Å²) >= 11 is 5.95. The largest absolute Gasteiger partial charge is 0.339 e. The van der Waals surface area contributed by atoms with Gasteiger partial charge in [0.25, 0.3) is 0 Å². The Morgan fingerprint density at radius 2 is 2.31 bits per heavy atom. The van der Waals surface area contributed by atoms with E-state index in [0.717, 1.165) is 24.7 Å². The van der Waals surface area contributed by atoms with Gasteiger partial charge in [-0.2, -0.15) is 0 Å². The van der Waals surface area contributed by atoms with Crippen LogP contribution in [0.5, 0.6) is 0 Å². The fourth-order valence-corrected chi connectivity index (χ4v) is 2.28. The summed E-state index contributed by atoms with van der Waals surface area (Å²) in [5.74, 6) is 0.755. The van der Waals surface area contributed by atoms with E-state index in [2.05, 4.69) is 20.2 Å². The molecule has 2 heterocycles. The first-order valence-corrected chi connectivity index (χ1v) is 6.00. The second-order valence-electron chi connectivity index (χ2n) is 4.21. The zero-order valence-corrected chi connectivity index (χ0v) is 10.5. The number of likely N-dealkylation sites (N-methyl/N-ethyl adjacent to an activating group) is 1. The zero-order chi connectivity index (χ0) is 11.5. The van der Waals surface area contributed by atoms with Crippen molar-refractivity contribution in [2.24, 2.45) is 0 Å². The summed E-state index contributed by atoms with van der Waals surface area (Å²) in [6.07, 6.45) is 2.38. The molecule has 1 aromatic rings. The predicted molar refractivity (Wildman–Crippen MR) is 66.1 cm³/mol. The average molecular weight is 241 g/mol. The minimum absolute atomic E-state index is 0.522. The second-order valence-corrected chi connectivity index (χ2v) is 4.59. The highest BCUT2D eigenvalue weighted by molar-refractivity contribution is 6.29. The number of nitrogens with one attached hydrogen (secondary N) is 1. The van der Waals surface area contributed by atoms with E-state index in [1.54, 1.807) is 6.07 Å². The third kappa shape index (κ3) is 2.62. The summed E-state index contributed by atoms with van der Waals surface area (Å²) in [7, 11) is 2.00. The van der Waals surface area contributed by atoms with Crippen LogP contribution in [0.1, 0.15) is 18.5 Å². The third-order valence-electron chi connectivity index (χ3n) is 2.92. The van der Waals surface area contributed by atoms with Crippen molar-refractivity contribution in [1.82, 2.24) is 15.3 Å². The molecule has 1 fully saturated rings. The van der Waals surface area contributed by atoms with Gasteiger partial charge in [0.05, 0.1) is 0 Å². The summed E-state index contributed by atoms with van der Waals surface area (Å²) in [6.45, 7) is 3.91. The Labute approximate surface area is 101 Å². The average Bonchev–Trinajstić information content (AvgIpc) is 2.28. The predicted octanol–water partition coefficient (Wildman–Crippen LogP) is 1.63. The maximum Gasteiger partial charge on any atom is 0.227 e. The van der Waals surface area contributed by atoms with Gasteiger partial charge in [-0.3, -0.25) is 0 Å². The smallest absolute Gasteiger partial charge is 0.227 e. The van der Waals surface area contributed by atoms with Crippen LogP contribution >= 0.6 is 11.6 Å². The minimum Gasteiger partial charge on any atom is -0.339 e. The first-order chi connectivity index (χ1) is 7.69. The maximum absolute atomic E-state index is 5.95. The van der Waals surface area contributed by atoms with Gasteiger partial charge in [0.1, 0.15) is 5.15 Å². The molecule has 0 unspecified atom stereocenters. The van der Waals surface area contributed by atoms with E-state index in [9.17, 15) is 0 Å². The molecule has 1 N–H and O–H groups in total. The van der Waals surface area contributed by atoms with Gasteiger partial charge in [-0.1, -0.05) is 11.6 Å². The van der Waals surface area contributed by atoms with Crippen LogP contribution < -0.4 is 10.2 Å². The summed E-state index contributed by atoms with van der Waals surface area (Å²) in [5.41, 5.74) is 0.918. The van der Waals surface area contributed by atoms with Crippen molar-refractivity contribution in [2.75, 3.05) is 25.0 Å².